The Balaban J connectivity index is 2.60. The van der Waals surface area contributed by atoms with Crippen LogP contribution in [0.2, 0.25) is 0 Å². The number of hydrogen-bond acceptors (Lipinski definition) is 3. The van der Waals surface area contributed by atoms with Crippen LogP contribution in [0.3, 0.4) is 0 Å². The first-order chi connectivity index (χ1) is 8.93. The van der Waals surface area contributed by atoms with E-state index < -0.39 is 18.0 Å². The summed E-state index contributed by atoms with van der Waals surface area (Å²) >= 11 is 0. The minimum Gasteiger partial charge on any atom is -0.480 e. The van der Waals surface area contributed by atoms with Gasteiger partial charge in [0.15, 0.2) is 0 Å². The van der Waals surface area contributed by atoms with Gasteiger partial charge in [-0.05, 0) is 25.5 Å². The van der Waals surface area contributed by atoms with Crippen LogP contribution in [0.1, 0.15) is 24.7 Å². The number of nitrogens with zero attached hydrogens (tertiary/aromatic N) is 2. The summed E-state index contributed by atoms with van der Waals surface area (Å²) in [6.45, 7) is 3.92. The summed E-state index contributed by atoms with van der Waals surface area (Å²) in [6.07, 6.45) is 0.345. The summed E-state index contributed by atoms with van der Waals surface area (Å²) in [5.74, 6) is -1.03. The molecule has 0 bridgehead atoms. The largest absolute Gasteiger partial charge is 0.480 e. The predicted molar refractivity (Wildman–Crippen MR) is 70.7 cm³/mol. The molecular formula is C13H19N3O3. The van der Waals surface area contributed by atoms with Crippen molar-refractivity contribution in [1.29, 1.82) is 0 Å². The van der Waals surface area contributed by atoms with Crippen LogP contribution in [0.5, 0.6) is 0 Å². The number of carbonyl (C=O) groups excluding carboxylic acids is 1. The second kappa shape index (κ2) is 6.72. The second-order valence-electron chi connectivity index (χ2n) is 4.37. The van der Waals surface area contributed by atoms with Gasteiger partial charge in [0.1, 0.15) is 6.04 Å². The molecule has 0 saturated heterocycles. The van der Waals surface area contributed by atoms with Crippen molar-refractivity contribution in [3.8, 4) is 0 Å². The summed E-state index contributed by atoms with van der Waals surface area (Å²) in [6, 6.07) is 4.29. The average molecular weight is 265 g/mol. The predicted octanol–water partition coefficient (Wildman–Crippen LogP) is 1.39. The van der Waals surface area contributed by atoms with E-state index in [1.54, 1.807) is 14.0 Å². The number of aromatic nitrogens is 1. The molecule has 6 heteroatoms. The van der Waals surface area contributed by atoms with Crippen LogP contribution < -0.4 is 5.32 Å². The van der Waals surface area contributed by atoms with E-state index in [4.69, 9.17) is 5.11 Å². The summed E-state index contributed by atoms with van der Waals surface area (Å²) < 4.78 is 0. The van der Waals surface area contributed by atoms with E-state index in [0.29, 0.717) is 13.0 Å². The van der Waals surface area contributed by atoms with Gasteiger partial charge < -0.3 is 15.3 Å². The third kappa shape index (κ3) is 4.57. The van der Waals surface area contributed by atoms with Crippen molar-refractivity contribution in [2.75, 3.05) is 7.05 Å². The van der Waals surface area contributed by atoms with Crippen molar-refractivity contribution >= 4 is 12.0 Å². The van der Waals surface area contributed by atoms with Crippen LogP contribution in [0.25, 0.3) is 0 Å². The van der Waals surface area contributed by atoms with E-state index in [-0.39, 0.29) is 0 Å². The van der Waals surface area contributed by atoms with E-state index in [0.717, 1.165) is 11.4 Å². The zero-order valence-electron chi connectivity index (χ0n) is 11.4. The molecule has 6 nitrogen and oxygen atoms in total. The lowest BCUT2D eigenvalue weighted by Gasteiger charge is -2.20. The Morgan fingerprint density at radius 3 is 2.68 bits per heavy atom. The average Bonchev–Trinajstić information content (AvgIpc) is 2.35. The minimum absolute atomic E-state index is 0.337. The minimum atomic E-state index is -1.03. The fourth-order valence-corrected chi connectivity index (χ4v) is 1.60. The Bertz CT molecular complexity index is 462. The van der Waals surface area contributed by atoms with Gasteiger partial charge in [0.25, 0.3) is 0 Å². The Kier molecular flexibility index (Phi) is 5.29. The monoisotopic (exact) mass is 265 g/mol. The number of hydrogen-bond donors (Lipinski definition) is 2. The standard InChI is InChI=1S/C13H19N3O3/c1-4-11(12(17)18)15-13(19)16(3)8-10-7-5-6-9(2)14-10/h5-7,11H,4,8H2,1-3H3,(H,15,19)(H,17,18). The number of carbonyl (C=O) groups is 2. The van der Waals surface area contributed by atoms with Crippen molar-refractivity contribution < 1.29 is 14.7 Å². The quantitative estimate of drug-likeness (QED) is 0.843. The van der Waals surface area contributed by atoms with Crippen LogP contribution in [-0.4, -0.2) is 40.1 Å². The number of carboxylic acids is 1. The molecule has 2 amide bonds. The number of carboxylic acid groups (broad SMARTS) is 1. The van der Waals surface area contributed by atoms with Crippen LogP contribution in [0.15, 0.2) is 18.2 Å². The molecule has 1 aromatic heterocycles. The molecule has 0 aliphatic carbocycles. The number of aliphatic carboxylic acids is 1. The summed E-state index contributed by atoms with van der Waals surface area (Å²) in [5, 5.41) is 11.3. The number of amides is 2. The summed E-state index contributed by atoms with van der Waals surface area (Å²) in [7, 11) is 1.61. The van der Waals surface area contributed by atoms with Crippen LogP contribution in [0, 0.1) is 6.92 Å². The molecule has 1 atom stereocenters. The number of urea groups is 1. The molecule has 0 aromatic carbocycles. The summed E-state index contributed by atoms with van der Waals surface area (Å²) in [4.78, 5) is 28.4. The van der Waals surface area contributed by atoms with Crippen molar-refractivity contribution in [2.24, 2.45) is 0 Å². The number of rotatable bonds is 5. The molecule has 0 fully saturated rings. The molecule has 1 aromatic rings. The van der Waals surface area contributed by atoms with Gasteiger partial charge >= 0.3 is 12.0 Å². The van der Waals surface area contributed by atoms with Crippen LogP contribution in [-0.2, 0) is 11.3 Å². The first kappa shape index (κ1) is 14.9. The molecule has 104 valence electrons. The highest BCUT2D eigenvalue weighted by Crippen LogP contribution is 2.02. The highest BCUT2D eigenvalue weighted by atomic mass is 16.4. The zero-order valence-corrected chi connectivity index (χ0v) is 11.4. The van der Waals surface area contributed by atoms with E-state index >= 15 is 0 Å². The molecule has 1 unspecified atom stereocenters. The van der Waals surface area contributed by atoms with Gasteiger partial charge in [-0.15, -0.1) is 0 Å². The highest BCUT2D eigenvalue weighted by Gasteiger charge is 2.19. The van der Waals surface area contributed by atoms with E-state index in [9.17, 15) is 9.59 Å². The maximum absolute atomic E-state index is 11.8. The fourth-order valence-electron chi connectivity index (χ4n) is 1.60. The van der Waals surface area contributed by atoms with E-state index in [1.165, 1.54) is 4.90 Å². The molecular weight excluding hydrogens is 246 g/mol. The highest BCUT2D eigenvalue weighted by molar-refractivity contribution is 5.82. The smallest absolute Gasteiger partial charge is 0.326 e. The number of nitrogens with one attached hydrogen (secondary N) is 1. The lowest BCUT2D eigenvalue weighted by molar-refractivity contribution is -0.139. The SMILES string of the molecule is CCC(NC(=O)N(C)Cc1cccc(C)n1)C(=O)O. The Hall–Kier alpha value is -2.11. The third-order valence-electron chi connectivity index (χ3n) is 2.70. The lowest BCUT2D eigenvalue weighted by Crippen LogP contribution is -2.46. The molecule has 0 spiro atoms. The maximum Gasteiger partial charge on any atom is 0.326 e. The van der Waals surface area contributed by atoms with Gasteiger partial charge in [-0.1, -0.05) is 13.0 Å². The fraction of sp³-hybridized carbons (Fsp3) is 0.462. The van der Waals surface area contributed by atoms with Gasteiger partial charge in [-0.25, -0.2) is 9.59 Å². The number of aryl methyl sites for hydroxylation is 1. The topological polar surface area (TPSA) is 82.5 Å². The van der Waals surface area contributed by atoms with Crippen LogP contribution in [0.4, 0.5) is 4.79 Å². The summed E-state index contributed by atoms with van der Waals surface area (Å²) in [5.41, 5.74) is 1.64. The van der Waals surface area contributed by atoms with Gasteiger partial charge in [0, 0.05) is 12.7 Å². The molecule has 0 saturated carbocycles. The molecule has 19 heavy (non-hydrogen) atoms. The first-order valence-electron chi connectivity index (χ1n) is 6.11. The van der Waals surface area contributed by atoms with Gasteiger partial charge in [-0.2, -0.15) is 0 Å². The Labute approximate surface area is 112 Å². The Morgan fingerprint density at radius 2 is 2.16 bits per heavy atom. The molecule has 0 aliphatic rings. The van der Waals surface area contributed by atoms with E-state index in [2.05, 4.69) is 10.3 Å². The first-order valence-corrected chi connectivity index (χ1v) is 6.11. The number of pyridine rings is 1. The second-order valence-corrected chi connectivity index (χ2v) is 4.37. The van der Waals surface area contributed by atoms with Gasteiger partial charge in [0.2, 0.25) is 0 Å². The Morgan fingerprint density at radius 1 is 1.47 bits per heavy atom. The van der Waals surface area contributed by atoms with Gasteiger partial charge in [-0.3, -0.25) is 4.98 Å². The van der Waals surface area contributed by atoms with Crippen molar-refractivity contribution in [1.82, 2.24) is 15.2 Å². The lowest BCUT2D eigenvalue weighted by atomic mass is 10.2. The van der Waals surface area contributed by atoms with Crippen molar-refractivity contribution in [3.63, 3.8) is 0 Å². The van der Waals surface area contributed by atoms with Crippen LogP contribution >= 0.6 is 0 Å². The third-order valence-corrected chi connectivity index (χ3v) is 2.70. The molecule has 1 heterocycles. The molecule has 2 N–H and O–H groups in total. The maximum atomic E-state index is 11.8. The molecule has 0 radical (unpaired) electrons. The zero-order chi connectivity index (χ0) is 14.4. The normalized spacial score (nSPS) is 11.7. The molecule has 1 rings (SSSR count). The van der Waals surface area contributed by atoms with Crippen molar-refractivity contribution in [2.45, 2.75) is 32.9 Å². The molecule has 0 aliphatic heterocycles. The van der Waals surface area contributed by atoms with E-state index in [1.807, 2.05) is 25.1 Å². The van der Waals surface area contributed by atoms with Gasteiger partial charge in [0.05, 0.1) is 12.2 Å². The van der Waals surface area contributed by atoms with Crippen molar-refractivity contribution in [3.05, 3.63) is 29.6 Å².